The fourth-order valence-corrected chi connectivity index (χ4v) is 2.88. The normalized spacial score (nSPS) is 25.2. The number of carbonyl (C=O) groups excluding carboxylic acids is 1. The smallest absolute Gasteiger partial charge is 0.236 e. The standard InChI is InChI=1S/C14H17Cl2NO3/c1-10(18)17(16)14(8-9-19-13(2,3)20-14)11-6-4-5-7-12(11)15/h4-7H,8-9H2,1-3H3. The summed E-state index contributed by atoms with van der Waals surface area (Å²) >= 11 is 12.5. The molecule has 1 aromatic rings. The van der Waals surface area contributed by atoms with Gasteiger partial charge in [-0.3, -0.25) is 4.79 Å². The fourth-order valence-electron chi connectivity index (χ4n) is 2.39. The van der Waals surface area contributed by atoms with Gasteiger partial charge >= 0.3 is 0 Å². The first-order valence-corrected chi connectivity index (χ1v) is 7.06. The number of rotatable bonds is 2. The van der Waals surface area contributed by atoms with E-state index in [1.54, 1.807) is 19.9 Å². The van der Waals surface area contributed by atoms with Gasteiger partial charge in [0.1, 0.15) is 0 Å². The van der Waals surface area contributed by atoms with Crippen LogP contribution in [0.5, 0.6) is 0 Å². The van der Waals surface area contributed by atoms with Gasteiger partial charge in [-0.25, -0.2) is 4.42 Å². The zero-order chi connectivity index (χ0) is 15.0. The molecule has 0 saturated carbocycles. The number of hydrogen-bond donors (Lipinski definition) is 0. The lowest BCUT2D eigenvalue weighted by atomic mass is 9.97. The first-order valence-electron chi connectivity index (χ1n) is 6.34. The van der Waals surface area contributed by atoms with Crippen molar-refractivity contribution in [2.75, 3.05) is 6.61 Å². The zero-order valence-corrected chi connectivity index (χ0v) is 13.2. The molecule has 1 heterocycles. The van der Waals surface area contributed by atoms with Crippen LogP contribution >= 0.6 is 23.4 Å². The van der Waals surface area contributed by atoms with Crippen molar-refractivity contribution in [1.29, 1.82) is 0 Å². The molecule has 0 aliphatic carbocycles. The number of benzene rings is 1. The van der Waals surface area contributed by atoms with Crippen molar-refractivity contribution in [2.24, 2.45) is 0 Å². The molecule has 1 saturated heterocycles. The number of halogens is 2. The van der Waals surface area contributed by atoms with Crippen molar-refractivity contribution < 1.29 is 14.3 Å². The van der Waals surface area contributed by atoms with Gasteiger partial charge in [-0.2, -0.15) is 0 Å². The summed E-state index contributed by atoms with van der Waals surface area (Å²) in [6.45, 7) is 5.36. The van der Waals surface area contributed by atoms with E-state index >= 15 is 0 Å². The molecule has 1 atom stereocenters. The molecule has 1 fully saturated rings. The summed E-state index contributed by atoms with van der Waals surface area (Å²) < 4.78 is 12.6. The lowest BCUT2D eigenvalue weighted by molar-refractivity contribution is -0.338. The minimum atomic E-state index is -1.13. The van der Waals surface area contributed by atoms with Crippen LogP contribution < -0.4 is 0 Å². The van der Waals surface area contributed by atoms with Crippen LogP contribution in [-0.4, -0.2) is 22.7 Å². The number of amides is 1. The highest BCUT2D eigenvalue weighted by Gasteiger charge is 2.49. The number of nitrogens with zero attached hydrogens (tertiary/aromatic N) is 1. The van der Waals surface area contributed by atoms with Gasteiger partial charge < -0.3 is 9.47 Å². The third kappa shape index (κ3) is 2.79. The molecule has 0 spiro atoms. The average Bonchev–Trinajstić information content (AvgIpc) is 2.36. The zero-order valence-electron chi connectivity index (χ0n) is 11.7. The van der Waals surface area contributed by atoms with Crippen LogP contribution in [0.4, 0.5) is 0 Å². The second kappa shape index (κ2) is 5.53. The molecule has 1 aliphatic heterocycles. The van der Waals surface area contributed by atoms with Gasteiger partial charge in [-0.05, 0) is 19.9 Å². The molecule has 1 amide bonds. The van der Waals surface area contributed by atoms with E-state index in [0.717, 1.165) is 4.42 Å². The van der Waals surface area contributed by atoms with Crippen molar-refractivity contribution >= 4 is 29.3 Å². The van der Waals surface area contributed by atoms with Gasteiger partial charge in [-0.1, -0.05) is 29.8 Å². The first kappa shape index (κ1) is 15.6. The van der Waals surface area contributed by atoms with Gasteiger partial charge in [0, 0.05) is 35.7 Å². The van der Waals surface area contributed by atoms with Crippen LogP contribution in [0, 0.1) is 0 Å². The minimum absolute atomic E-state index is 0.315. The highest BCUT2D eigenvalue weighted by atomic mass is 35.5. The largest absolute Gasteiger partial charge is 0.350 e. The fraction of sp³-hybridized carbons (Fsp3) is 0.500. The molecule has 0 N–H and O–H groups in total. The summed E-state index contributed by atoms with van der Waals surface area (Å²) in [5, 5.41) is 0.497. The third-order valence-corrected chi connectivity index (χ3v) is 4.03. The van der Waals surface area contributed by atoms with Crippen molar-refractivity contribution in [1.82, 2.24) is 4.42 Å². The van der Waals surface area contributed by atoms with E-state index in [4.69, 9.17) is 32.9 Å². The molecule has 0 radical (unpaired) electrons. The Morgan fingerprint density at radius 2 is 2.00 bits per heavy atom. The average molecular weight is 318 g/mol. The van der Waals surface area contributed by atoms with E-state index in [9.17, 15) is 4.79 Å². The molecular weight excluding hydrogens is 301 g/mol. The Hall–Kier alpha value is -0.810. The van der Waals surface area contributed by atoms with E-state index in [0.29, 0.717) is 23.6 Å². The predicted molar refractivity (Wildman–Crippen MR) is 77.2 cm³/mol. The third-order valence-electron chi connectivity index (χ3n) is 3.19. The maximum Gasteiger partial charge on any atom is 0.236 e. The second-order valence-electron chi connectivity index (χ2n) is 5.16. The molecule has 6 heteroatoms. The Labute approximate surface area is 128 Å². The topological polar surface area (TPSA) is 38.8 Å². The van der Waals surface area contributed by atoms with E-state index < -0.39 is 11.5 Å². The van der Waals surface area contributed by atoms with Crippen LogP contribution in [0.15, 0.2) is 24.3 Å². The van der Waals surface area contributed by atoms with Crippen molar-refractivity contribution in [3.8, 4) is 0 Å². The molecule has 2 rings (SSSR count). The van der Waals surface area contributed by atoms with Crippen LogP contribution in [0.3, 0.4) is 0 Å². The maximum atomic E-state index is 11.8. The summed E-state index contributed by atoms with van der Waals surface area (Å²) in [5.41, 5.74) is -0.476. The Kier molecular flexibility index (Phi) is 4.30. The Morgan fingerprint density at radius 3 is 2.55 bits per heavy atom. The van der Waals surface area contributed by atoms with E-state index in [1.807, 2.05) is 18.2 Å². The number of ether oxygens (including phenoxy) is 2. The molecule has 4 nitrogen and oxygen atoms in total. The van der Waals surface area contributed by atoms with Gasteiger partial charge in [0.05, 0.1) is 6.61 Å². The second-order valence-corrected chi connectivity index (χ2v) is 5.91. The van der Waals surface area contributed by atoms with Crippen LogP contribution in [-0.2, 0) is 20.0 Å². The summed E-state index contributed by atoms with van der Waals surface area (Å²) in [4.78, 5) is 11.8. The molecule has 1 aromatic carbocycles. The highest BCUT2D eigenvalue weighted by molar-refractivity contribution is 6.31. The summed E-state index contributed by atoms with van der Waals surface area (Å²) in [7, 11) is 0. The van der Waals surface area contributed by atoms with E-state index in [2.05, 4.69) is 0 Å². The minimum Gasteiger partial charge on any atom is -0.350 e. The molecule has 1 unspecified atom stereocenters. The predicted octanol–water partition coefficient (Wildman–Crippen LogP) is 3.67. The van der Waals surface area contributed by atoms with Crippen LogP contribution in [0.25, 0.3) is 0 Å². The number of carbonyl (C=O) groups is 1. The summed E-state index contributed by atoms with van der Waals surface area (Å²) in [6, 6.07) is 7.20. The van der Waals surface area contributed by atoms with Gasteiger partial charge in [0.25, 0.3) is 0 Å². The summed E-state index contributed by atoms with van der Waals surface area (Å²) in [5.74, 6) is -1.18. The molecule has 0 bridgehead atoms. The van der Waals surface area contributed by atoms with E-state index in [-0.39, 0.29) is 5.91 Å². The van der Waals surface area contributed by atoms with Gasteiger partial charge in [0.2, 0.25) is 5.91 Å². The SMILES string of the molecule is CC(=O)N(Cl)C1(c2ccccc2Cl)CCOC(C)(C)O1. The number of hydrogen-bond acceptors (Lipinski definition) is 3. The van der Waals surface area contributed by atoms with Crippen LogP contribution in [0.1, 0.15) is 32.8 Å². The van der Waals surface area contributed by atoms with Crippen LogP contribution in [0.2, 0.25) is 5.02 Å². The Balaban J connectivity index is 2.55. The quantitative estimate of drug-likeness (QED) is 0.781. The molecule has 110 valence electrons. The Morgan fingerprint density at radius 1 is 1.35 bits per heavy atom. The highest BCUT2D eigenvalue weighted by Crippen LogP contribution is 2.44. The van der Waals surface area contributed by atoms with E-state index in [1.165, 1.54) is 6.92 Å². The van der Waals surface area contributed by atoms with Crippen molar-refractivity contribution in [3.05, 3.63) is 34.9 Å². The lowest BCUT2D eigenvalue weighted by Crippen LogP contribution is -2.55. The molecule has 0 aromatic heterocycles. The molecule has 20 heavy (non-hydrogen) atoms. The van der Waals surface area contributed by atoms with Gasteiger partial charge in [0.15, 0.2) is 11.5 Å². The van der Waals surface area contributed by atoms with Crippen molar-refractivity contribution in [2.45, 2.75) is 38.7 Å². The van der Waals surface area contributed by atoms with Gasteiger partial charge in [-0.15, -0.1) is 0 Å². The lowest BCUT2D eigenvalue weighted by Gasteiger charge is -2.48. The monoisotopic (exact) mass is 317 g/mol. The maximum absolute atomic E-state index is 11.8. The Bertz CT molecular complexity index is 521. The molecular formula is C14H17Cl2NO3. The molecule has 1 aliphatic rings. The summed E-state index contributed by atoms with van der Waals surface area (Å²) in [6.07, 6.45) is 0.406. The van der Waals surface area contributed by atoms with Crippen molar-refractivity contribution in [3.63, 3.8) is 0 Å². The first-order chi connectivity index (χ1) is 9.28.